The topological polar surface area (TPSA) is 134 Å². The second-order valence-corrected chi connectivity index (χ2v) is 25.5. The van der Waals surface area contributed by atoms with Crippen LogP contribution < -0.4 is 5.73 Å². The smallest absolute Gasteiger partial charge is 0.462 e. The Labute approximate surface area is 571 Å². The molecule has 0 aromatic heterocycles. The quantitative estimate of drug-likeness (QED) is 0.0264. The lowest BCUT2D eigenvalue weighted by molar-refractivity contribution is -0.161. The number of rotatable bonds is 68. The van der Waals surface area contributed by atoms with Gasteiger partial charge in [0.15, 0.2) is 6.10 Å². The fourth-order valence-electron chi connectivity index (χ4n) is 9.87. The molecule has 2 unspecified atom stereocenters. The molecule has 0 amide bonds. The van der Waals surface area contributed by atoms with Gasteiger partial charge in [-0.25, -0.2) is 4.57 Å². The molecule has 0 aliphatic carbocycles. The minimum absolute atomic E-state index is 0.0439. The first-order chi connectivity index (χ1) is 45.8. The van der Waals surface area contributed by atoms with E-state index in [9.17, 15) is 19.0 Å². The van der Waals surface area contributed by atoms with Crippen molar-refractivity contribution in [3.05, 3.63) is 182 Å². The highest BCUT2D eigenvalue weighted by atomic mass is 31.2. The molecule has 0 aromatic carbocycles. The fraction of sp³-hybridized carbons (Fsp3) is 0.614. The van der Waals surface area contributed by atoms with E-state index in [-0.39, 0.29) is 38.6 Å². The number of allylic oxidation sites excluding steroid dienone is 30. The molecule has 0 saturated heterocycles. The monoisotopic (exact) mass is 1310 g/mol. The van der Waals surface area contributed by atoms with Gasteiger partial charge in [0.05, 0.1) is 13.2 Å². The average Bonchev–Trinajstić information content (AvgIpc) is 3.49. The van der Waals surface area contributed by atoms with Crippen molar-refractivity contribution in [3.63, 3.8) is 0 Å². The van der Waals surface area contributed by atoms with Gasteiger partial charge < -0.3 is 20.1 Å². The van der Waals surface area contributed by atoms with Gasteiger partial charge in [-0.3, -0.25) is 18.6 Å². The molecular weight excluding hydrogens is 1170 g/mol. The van der Waals surface area contributed by atoms with Crippen LogP contribution in [0.25, 0.3) is 0 Å². The highest BCUT2D eigenvalue weighted by Crippen LogP contribution is 2.43. The zero-order chi connectivity index (χ0) is 67.2. The zero-order valence-corrected chi connectivity index (χ0v) is 60.1. The van der Waals surface area contributed by atoms with Gasteiger partial charge in [0.2, 0.25) is 0 Å². The summed E-state index contributed by atoms with van der Waals surface area (Å²) < 4.78 is 33.2. The fourth-order valence-corrected chi connectivity index (χ4v) is 10.6. The van der Waals surface area contributed by atoms with E-state index in [0.29, 0.717) is 6.42 Å². The maximum atomic E-state index is 12.8. The number of phosphoric ester groups is 1. The van der Waals surface area contributed by atoms with Gasteiger partial charge in [0.1, 0.15) is 6.61 Å². The minimum atomic E-state index is -4.41. The molecule has 526 valence electrons. The molecule has 3 N–H and O–H groups in total. The summed E-state index contributed by atoms with van der Waals surface area (Å²) in [6, 6.07) is 0. The van der Waals surface area contributed by atoms with Crippen LogP contribution >= 0.6 is 7.82 Å². The summed E-state index contributed by atoms with van der Waals surface area (Å²) in [6.45, 7) is 3.51. The predicted octanol–water partition coefficient (Wildman–Crippen LogP) is 25.1. The Balaban J connectivity index is 3.95. The molecule has 93 heavy (non-hydrogen) atoms. The van der Waals surface area contributed by atoms with E-state index < -0.39 is 26.5 Å². The molecule has 0 saturated carbocycles. The normalized spacial score (nSPS) is 14.0. The summed E-state index contributed by atoms with van der Waals surface area (Å²) in [5, 5.41) is 0. The standard InChI is InChI=1S/C83H136NO8P/c1-3-5-7-9-11-13-15-17-19-21-23-25-27-29-31-33-35-36-37-38-39-40-41-42-43-44-46-48-50-52-54-56-58-60-62-64-66-68-70-72-74-76-83(86)92-81(80-91-93(87,88)90-78-77-84)79-89-82(85)75-73-71-69-67-65-63-61-59-57-55-53-51-49-47-45-34-32-30-28-26-24-22-20-18-16-14-12-10-8-6-4-2/h5-8,11-14,17-20,23-26,29,31,35-36,38-39,41-42,44,46,50,52,56,58,81H,3-4,9-10,15-16,21-22,27-28,30,32-34,37,40,43,45,47-49,51,53-55,57,59-80,84H2,1-2H3,(H,87,88)/b7-5-,8-6-,13-11-,14-12-,19-17-,20-18-,25-23-,26-24-,31-29-,36-35-,39-38-,42-41-,46-44-,52-50-,58-56-. The highest BCUT2D eigenvalue weighted by Gasteiger charge is 2.26. The number of esters is 2. The summed E-state index contributed by atoms with van der Waals surface area (Å²) >= 11 is 0. The van der Waals surface area contributed by atoms with Crippen molar-refractivity contribution < 1.29 is 37.6 Å². The molecule has 2 atom stereocenters. The van der Waals surface area contributed by atoms with E-state index in [2.05, 4.69) is 196 Å². The molecule has 0 spiro atoms. The first-order valence-corrected chi connectivity index (χ1v) is 38.8. The van der Waals surface area contributed by atoms with Gasteiger partial charge in [-0.05, 0) is 135 Å². The van der Waals surface area contributed by atoms with Crippen molar-refractivity contribution in [1.29, 1.82) is 0 Å². The molecule has 10 heteroatoms. The number of unbranched alkanes of at least 4 members (excludes halogenated alkanes) is 25. The largest absolute Gasteiger partial charge is 0.472 e. The Morgan fingerprint density at radius 1 is 0.323 bits per heavy atom. The molecule has 0 radical (unpaired) electrons. The highest BCUT2D eigenvalue weighted by molar-refractivity contribution is 7.47. The summed E-state index contributed by atoms with van der Waals surface area (Å²) in [5.74, 6) is -0.844. The van der Waals surface area contributed by atoms with Crippen molar-refractivity contribution in [2.24, 2.45) is 5.73 Å². The van der Waals surface area contributed by atoms with Gasteiger partial charge in [0.25, 0.3) is 0 Å². The maximum absolute atomic E-state index is 12.8. The number of ether oxygens (including phenoxy) is 2. The average molecular weight is 1310 g/mol. The molecular formula is C83H136NO8P. The van der Waals surface area contributed by atoms with Crippen LogP contribution in [-0.2, 0) is 32.7 Å². The van der Waals surface area contributed by atoms with E-state index >= 15 is 0 Å². The Hall–Kier alpha value is -4.89. The van der Waals surface area contributed by atoms with Crippen LogP contribution in [0.5, 0.6) is 0 Å². The van der Waals surface area contributed by atoms with Crippen molar-refractivity contribution in [3.8, 4) is 0 Å². The van der Waals surface area contributed by atoms with Gasteiger partial charge in [0, 0.05) is 19.4 Å². The minimum Gasteiger partial charge on any atom is -0.462 e. The molecule has 0 heterocycles. The molecule has 9 nitrogen and oxygen atoms in total. The van der Waals surface area contributed by atoms with Crippen LogP contribution in [0.1, 0.15) is 296 Å². The van der Waals surface area contributed by atoms with Gasteiger partial charge in [-0.15, -0.1) is 0 Å². The maximum Gasteiger partial charge on any atom is 0.472 e. The lowest BCUT2D eigenvalue weighted by Gasteiger charge is -2.19. The zero-order valence-electron chi connectivity index (χ0n) is 59.2. The Kier molecular flexibility index (Phi) is 72.1. The van der Waals surface area contributed by atoms with Crippen molar-refractivity contribution in [1.82, 2.24) is 0 Å². The van der Waals surface area contributed by atoms with Crippen LogP contribution in [-0.4, -0.2) is 49.3 Å². The third kappa shape index (κ3) is 76.0. The molecule has 0 bridgehead atoms. The Morgan fingerprint density at radius 3 is 0.828 bits per heavy atom. The van der Waals surface area contributed by atoms with E-state index in [1.165, 1.54) is 116 Å². The first-order valence-electron chi connectivity index (χ1n) is 37.3. The van der Waals surface area contributed by atoms with Gasteiger partial charge in [-0.2, -0.15) is 0 Å². The number of hydrogen-bond donors (Lipinski definition) is 2. The summed E-state index contributed by atoms with van der Waals surface area (Å²) in [6.07, 6.45) is 114. The van der Waals surface area contributed by atoms with Gasteiger partial charge >= 0.3 is 19.8 Å². The second kappa shape index (κ2) is 76.1. The summed E-state index contributed by atoms with van der Waals surface area (Å²) in [4.78, 5) is 35.4. The van der Waals surface area contributed by atoms with E-state index in [1.54, 1.807) is 0 Å². The number of carbonyl (C=O) groups excluding carboxylic acids is 2. The molecule has 0 rings (SSSR count). The van der Waals surface area contributed by atoms with Crippen molar-refractivity contribution >= 4 is 19.8 Å². The molecule has 0 fully saturated rings. The Morgan fingerprint density at radius 2 is 0.559 bits per heavy atom. The van der Waals surface area contributed by atoms with E-state index in [1.807, 2.05) is 0 Å². The molecule has 0 aliphatic heterocycles. The third-order valence-electron chi connectivity index (χ3n) is 15.3. The first kappa shape index (κ1) is 88.1. The predicted molar refractivity (Wildman–Crippen MR) is 403 cm³/mol. The van der Waals surface area contributed by atoms with Crippen LogP contribution in [0.4, 0.5) is 0 Å². The molecule has 0 aromatic rings. The number of carbonyl (C=O) groups is 2. The van der Waals surface area contributed by atoms with Crippen molar-refractivity contribution in [2.45, 2.75) is 302 Å². The van der Waals surface area contributed by atoms with Crippen molar-refractivity contribution in [2.75, 3.05) is 26.4 Å². The number of nitrogens with two attached hydrogens (primary N) is 1. The summed E-state index contributed by atoms with van der Waals surface area (Å²) in [7, 11) is -4.41. The Bertz CT molecular complexity index is 2180. The number of hydrogen-bond acceptors (Lipinski definition) is 8. The second-order valence-electron chi connectivity index (χ2n) is 24.0. The van der Waals surface area contributed by atoms with Crippen LogP contribution in [0.15, 0.2) is 182 Å². The number of phosphoric acid groups is 1. The lowest BCUT2D eigenvalue weighted by Crippen LogP contribution is -2.29. The van der Waals surface area contributed by atoms with Crippen LogP contribution in [0, 0.1) is 0 Å². The van der Waals surface area contributed by atoms with Crippen LogP contribution in [0.3, 0.4) is 0 Å². The van der Waals surface area contributed by atoms with E-state index in [4.69, 9.17) is 24.3 Å². The third-order valence-corrected chi connectivity index (χ3v) is 16.3. The SMILES string of the molecule is CC/C=C\C/C=C\C/C=C\C/C=C\C/C=C\C/C=C\C/C=C\C/C=C\C/C=C\C/C=C\C/C=C\CCCCCCCCCC(=O)OC(COC(=O)CCCCCCCCCCCCCCCCCCCC/C=C\C/C=C\C/C=C\C/C=C\CC)COP(=O)(O)OCCN. The summed E-state index contributed by atoms with van der Waals surface area (Å²) in [5.41, 5.74) is 5.41. The van der Waals surface area contributed by atoms with E-state index in [0.717, 1.165) is 148 Å². The lowest BCUT2D eigenvalue weighted by atomic mass is 10.0. The molecule has 0 aliphatic rings. The van der Waals surface area contributed by atoms with Gasteiger partial charge in [-0.1, -0.05) is 331 Å². The van der Waals surface area contributed by atoms with Crippen LogP contribution in [0.2, 0.25) is 0 Å².